The van der Waals surface area contributed by atoms with Crippen LogP contribution in [0.15, 0.2) is 0 Å². The smallest absolute Gasteiger partial charge is 0.0616 e. The van der Waals surface area contributed by atoms with E-state index in [4.69, 9.17) is 0 Å². The standard InChI is InChI=1S/C18H36N2O/c1-15(2)19-18(14-21)12-7-8-16(18)11-13-20(3)17-9-5-4-6-10-17/h15-17,19,21H,4-14H2,1-3H3. The fraction of sp³-hybridized carbons (Fsp3) is 1.00. The summed E-state index contributed by atoms with van der Waals surface area (Å²) in [4.78, 5) is 2.59. The van der Waals surface area contributed by atoms with E-state index in [1.807, 2.05) is 0 Å². The minimum Gasteiger partial charge on any atom is -0.394 e. The molecule has 0 aliphatic heterocycles. The minimum absolute atomic E-state index is 0.0123. The van der Waals surface area contributed by atoms with E-state index in [2.05, 4.69) is 31.1 Å². The lowest BCUT2D eigenvalue weighted by molar-refractivity contribution is 0.0981. The first-order chi connectivity index (χ1) is 10.1. The van der Waals surface area contributed by atoms with Gasteiger partial charge in [0.2, 0.25) is 0 Å². The van der Waals surface area contributed by atoms with Crippen molar-refractivity contribution < 1.29 is 5.11 Å². The Kier molecular flexibility index (Phi) is 6.51. The second kappa shape index (κ2) is 7.94. The second-order valence-corrected chi connectivity index (χ2v) is 7.76. The fourth-order valence-electron chi connectivity index (χ4n) is 4.65. The quantitative estimate of drug-likeness (QED) is 0.757. The summed E-state index contributed by atoms with van der Waals surface area (Å²) >= 11 is 0. The van der Waals surface area contributed by atoms with Crippen LogP contribution in [-0.2, 0) is 0 Å². The van der Waals surface area contributed by atoms with Crippen LogP contribution in [0.1, 0.15) is 71.6 Å². The maximum Gasteiger partial charge on any atom is 0.0616 e. The Balaban J connectivity index is 1.85. The summed E-state index contributed by atoms with van der Waals surface area (Å²) in [6.07, 6.45) is 11.9. The third-order valence-electron chi connectivity index (χ3n) is 5.84. The summed E-state index contributed by atoms with van der Waals surface area (Å²) in [7, 11) is 2.31. The molecule has 21 heavy (non-hydrogen) atoms. The van der Waals surface area contributed by atoms with Gasteiger partial charge in [0.1, 0.15) is 0 Å². The first kappa shape index (κ1) is 17.2. The van der Waals surface area contributed by atoms with Gasteiger partial charge in [-0.25, -0.2) is 0 Å². The molecule has 0 bridgehead atoms. The van der Waals surface area contributed by atoms with Crippen molar-refractivity contribution in [2.45, 2.75) is 89.3 Å². The van der Waals surface area contributed by atoms with Crippen LogP contribution >= 0.6 is 0 Å². The predicted octanol–water partition coefficient (Wildman–Crippen LogP) is 3.17. The van der Waals surface area contributed by atoms with Gasteiger partial charge in [-0.1, -0.05) is 39.5 Å². The summed E-state index contributed by atoms with van der Waals surface area (Å²) in [6.45, 7) is 5.88. The molecule has 0 spiro atoms. The van der Waals surface area contributed by atoms with Gasteiger partial charge in [0, 0.05) is 17.6 Å². The topological polar surface area (TPSA) is 35.5 Å². The van der Waals surface area contributed by atoms with Crippen LogP contribution in [0.3, 0.4) is 0 Å². The molecule has 2 unspecified atom stereocenters. The predicted molar refractivity (Wildman–Crippen MR) is 89.5 cm³/mol. The Bertz CT molecular complexity index is 302. The molecular weight excluding hydrogens is 260 g/mol. The van der Waals surface area contributed by atoms with E-state index in [1.54, 1.807) is 0 Å². The Morgan fingerprint density at radius 3 is 2.48 bits per heavy atom. The maximum absolute atomic E-state index is 9.97. The zero-order chi connectivity index (χ0) is 15.3. The molecule has 0 aromatic rings. The van der Waals surface area contributed by atoms with Crippen LogP contribution in [0.5, 0.6) is 0 Å². The van der Waals surface area contributed by atoms with Gasteiger partial charge in [0.05, 0.1) is 6.61 Å². The number of aliphatic hydroxyl groups is 1. The SMILES string of the molecule is CC(C)NC1(CO)CCCC1CCN(C)C1CCCCC1. The molecule has 0 heterocycles. The number of rotatable bonds is 7. The molecular formula is C18H36N2O. The molecule has 2 atom stereocenters. The summed E-state index contributed by atoms with van der Waals surface area (Å²) in [5, 5.41) is 13.7. The monoisotopic (exact) mass is 296 g/mol. The molecule has 2 saturated carbocycles. The zero-order valence-electron chi connectivity index (χ0n) is 14.4. The van der Waals surface area contributed by atoms with Crippen LogP contribution in [0.4, 0.5) is 0 Å². The van der Waals surface area contributed by atoms with Crippen LogP contribution < -0.4 is 5.32 Å². The van der Waals surface area contributed by atoms with Crippen molar-refractivity contribution in [2.75, 3.05) is 20.2 Å². The largest absolute Gasteiger partial charge is 0.394 e. The highest BCUT2D eigenvalue weighted by atomic mass is 16.3. The first-order valence-electron chi connectivity index (χ1n) is 9.16. The van der Waals surface area contributed by atoms with E-state index in [0.717, 1.165) is 12.5 Å². The van der Waals surface area contributed by atoms with Crippen LogP contribution in [0.2, 0.25) is 0 Å². The third kappa shape index (κ3) is 4.43. The van der Waals surface area contributed by atoms with Gasteiger partial charge in [-0.3, -0.25) is 0 Å². The van der Waals surface area contributed by atoms with Crippen molar-refractivity contribution in [3.63, 3.8) is 0 Å². The van der Waals surface area contributed by atoms with Gasteiger partial charge in [-0.2, -0.15) is 0 Å². The highest BCUT2D eigenvalue weighted by Crippen LogP contribution is 2.38. The molecule has 124 valence electrons. The molecule has 0 aromatic heterocycles. The summed E-state index contributed by atoms with van der Waals surface area (Å²) in [5.74, 6) is 0.635. The maximum atomic E-state index is 9.97. The normalized spacial score (nSPS) is 31.4. The molecule has 2 rings (SSSR count). The summed E-state index contributed by atoms with van der Waals surface area (Å²) in [6, 6.07) is 1.26. The van der Waals surface area contributed by atoms with Crippen molar-refractivity contribution in [1.82, 2.24) is 10.2 Å². The van der Waals surface area contributed by atoms with Gasteiger partial charge in [-0.15, -0.1) is 0 Å². The number of hydrogen-bond acceptors (Lipinski definition) is 3. The Morgan fingerprint density at radius 2 is 1.86 bits per heavy atom. The fourth-order valence-corrected chi connectivity index (χ4v) is 4.65. The molecule has 2 aliphatic rings. The van der Waals surface area contributed by atoms with E-state index >= 15 is 0 Å². The molecule has 2 N–H and O–H groups in total. The summed E-state index contributed by atoms with van der Waals surface area (Å²) < 4.78 is 0. The Morgan fingerprint density at radius 1 is 1.14 bits per heavy atom. The van der Waals surface area contributed by atoms with E-state index in [1.165, 1.54) is 57.9 Å². The van der Waals surface area contributed by atoms with Crippen molar-refractivity contribution in [1.29, 1.82) is 0 Å². The molecule has 3 nitrogen and oxygen atoms in total. The van der Waals surface area contributed by atoms with Crippen LogP contribution in [-0.4, -0.2) is 47.8 Å². The van der Waals surface area contributed by atoms with E-state index in [9.17, 15) is 5.11 Å². The molecule has 0 amide bonds. The van der Waals surface area contributed by atoms with Gasteiger partial charge in [0.25, 0.3) is 0 Å². The van der Waals surface area contributed by atoms with Crippen LogP contribution in [0.25, 0.3) is 0 Å². The molecule has 2 aliphatic carbocycles. The number of nitrogens with zero attached hydrogens (tertiary/aromatic N) is 1. The van der Waals surface area contributed by atoms with E-state index in [0.29, 0.717) is 18.6 Å². The third-order valence-corrected chi connectivity index (χ3v) is 5.84. The number of nitrogens with one attached hydrogen (secondary N) is 1. The lowest BCUT2D eigenvalue weighted by Gasteiger charge is -2.39. The average molecular weight is 296 g/mol. The lowest BCUT2D eigenvalue weighted by Crippen LogP contribution is -2.54. The molecule has 3 heteroatoms. The van der Waals surface area contributed by atoms with E-state index < -0.39 is 0 Å². The molecule has 0 aromatic carbocycles. The van der Waals surface area contributed by atoms with Crippen LogP contribution in [0, 0.1) is 5.92 Å². The van der Waals surface area contributed by atoms with Gasteiger partial charge < -0.3 is 15.3 Å². The average Bonchev–Trinajstić information content (AvgIpc) is 2.88. The van der Waals surface area contributed by atoms with Crippen molar-refractivity contribution >= 4 is 0 Å². The lowest BCUT2D eigenvalue weighted by atomic mass is 9.84. The molecule has 0 saturated heterocycles. The van der Waals surface area contributed by atoms with Crippen molar-refractivity contribution in [3.8, 4) is 0 Å². The number of hydrogen-bond donors (Lipinski definition) is 2. The minimum atomic E-state index is -0.0123. The van der Waals surface area contributed by atoms with Gasteiger partial charge in [-0.05, 0) is 51.6 Å². The molecule has 0 radical (unpaired) electrons. The summed E-state index contributed by atoms with van der Waals surface area (Å²) in [5.41, 5.74) is -0.0123. The van der Waals surface area contributed by atoms with Gasteiger partial charge in [0.15, 0.2) is 0 Å². The van der Waals surface area contributed by atoms with Crippen molar-refractivity contribution in [3.05, 3.63) is 0 Å². The number of aliphatic hydroxyl groups excluding tert-OH is 1. The highest BCUT2D eigenvalue weighted by molar-refractivity contribution is 5.00. The van der Waals surface area contributed by atoms with Gasteiger partial charge >= 0.3 is 0 Å². The highest BCUT2D eigenvalue weighted by Gasteiger charge is 2.42. The zero-order valence-corrected chi connectivity index (χ0v) is 14.4. The molecule has 2 fully saturated rings. The van der Waals surface area contributed by atoms with Crippen molar-refractivity contribution in [2.24, 2.45) is 5.92 Å². The second-order valence-electron chi connectivity index (χ2n) is 7.76. The first-order valence-corrected chi connectivity index (χ1v) is 9.16. The van der Waals surface area contributed by atoms with E-state index in [-0.39, 0.29) is 5.54 Å². The Labute approximate surface area is 131 Å². The Hall–Kier alpha value is -0.120.